The Balaban J connectivity index is 0.00000256. The largest absolute Gasteiger partial charge is 1.00 e. The molecule has 0 aliphatic heterocycles. The number of benzene rings is 2. The van der Waals surface area contributed by atoms with Gasteiger partial charge < -0.3 is 10.5 Å². The number of amides is 1. The van der Waals surface area contributed by atoms with Gasteiger partial charge in [-0.1, -0.05) is 41.9 Å². The number of aromatic nitrogens is 3. The van der Waals surface area contributed by atoms with Crippen LogP contribution in [0.1, 0.15) is 15.9 Å². The summed E-state index contributed by atoms with van der Waals surface area (Å²) in [5.74, 6) is -0.962. The summed E-state index contributed by atoms with van der Waals surface area (Å²) in [7, 11) is 0. The molecule has 0 aliphatic rings. The summed E-state index contributed by atoms with van der Waals surface area (Å²) in [6, 6.07) is 11.5. The average Bonchev–Trinajstić information content (AvgIpc) is 3.11. The Kier molecular flexibility index (Phi) is 5.97. The van der Waals surface area contributed by atoms with Gasteiger partial charge in [-0.3, -0.25) is 0 Å². The summed E-state index contributed by atoms with van der Waals surface area (Å²) < 4.78 is 40.2. The normalized spacial score (nSPS) is 11.3. The molecule has 0 fully saturated rings. The van der Waals surface area contributed by atoms with E-state index in [0.29, 0.717) is 27.4 Å². The fourth-order valence-electron chi connectivity index (χ4n) is 3.06. The first-order chi connectivity index (χ1) is 13.8. The molecule has 0 spiro atoms. The van der Waals surface area contributed by atoms with Crippen LogP contribution in [0, 0.1) is 0 Å². The van der Waals surface area contributed by atoms with Gasteiger partial charge in [0.1, 0.15) is 0 Å². The van der Waals surface area contributed by atoms with Crippen molar-refractivity contribution in [3.8, 4) is 22.4 Å². The molecule has 10 heteroatoms. The molecule has 4 aromatic rings. The third-order valence-electron chi connectivity index (χ3n) is 4.42. The predicted molar refractivity (Wildman–Crippen MR) is 103 cm³/mol. The minimum absolute atomic E-state index is 0. The van der Waals surface area contributed by atoms with Crippen LogP contribution >= 0.6 is 11.6 Å². The van der Waals surface area contributed by atoms with Gasteiger partial charge in [0.05, 0.1) is 28.9 Å². The molecule has 0 bridgehead atoms. The number of nitrogens with zero attached hydrogens (tertiary/aromatic N) is 3. The fourth-order valence-corrected chi connectivity index (χ4v) is 3.30. The van der Waals surface area contributed by atoms with Gasteiger partial charge in [0.25, 0.3) is 0 Å². The molecule has 153 valence electrons. The van der Waals surface area contributed by atoms with E-state index in [2.05, 4.69) is 10.1 Å². The molecule has 0 aliphatic carbocycles. The van der Waals surface area contributed by atoms with Gasteiger partial charge in [-0.25, -0.2) is 9.50 Å². The molecule has 1 N–H and O–H groups in total. The van der Waals surface area contributed by atoms with Crippen LogP contribution in [0.4, 0.5) is 13.2 Å². The van der Waals surface area contributed by atoms with Gasteiger partial charge in [0.2, 0.25) is 0 Å². The quantitative estimate of drug-likeness (QED) is 0.317. The Morgan fingerprint density at radius 3 is 2.27 bits per heavy atom. The van der Waals surface area contributed by atoms with Crippen molar-refractivity contribution in [1.29, 1.82) is 0 Å². The predicted octanol–water partition coefficient (Wildman–Crippen LogP) is 5.93. The van der Waals surface area contributed by atoms with Crippen molar-refractivity contribution in [3.63, 3.8) is 0 Å². The van der Waals surface area contributed by atoms with Crippen LogP contribution in [-0.2, 0) is 25.7 Å². The van der Waals surface area contributed by atoms with E-state index >= 15 is 0 Å². The zero-order valence-corrected chi connectivity index (χ0v) is 17.4. The van der Waals surface area contributed by atoms with E-state index < -0.39 is 17.6 Å². The van der Waals surface area contributed by atoms with Crippen LogP contribution in [0.3, 0.4) is 0 Å². The Morgan fingerprint density at radius 2 is 1.67 bits per heavy atom. The van der Waals surface area contributed by atoms with E-state index in [4.69, 9.17) is 17.3 Å². The topological polar surface area (TPSA) is 71.1 Å². The molecular weight excluding hydrogens is 506 g/mol. The van der Waals surface area contributed by atoms with Crippen molar-refractivity contribution in [3.05, 3.63) is 82.8 Å². The maximum atomic E-state index is 13.0. The number of alkyl halides is 3. The van der Waals surface area contributed by atoms with E-state index in [9.17, 15) is 18.0 Å². The molecule has 0 unspecified atom stereocenters. The van der Waals surface area contributed by atoms with Crippen molar-refractivity contribution in [2.75, 3.05) is 0 Å². The SMILES string of the molecule is [NH-]C(=O)c1cnn2c(-c3ccc(C(F)(F)F)cc3)c(-c3ccccc3Cl)cnc12.[Ru+]. The zero-order valence-electron chi connectivity index (χ0n) is 14.9. The summed E-state index contributed by atoms with van der Waals surface area (Å²) in [6.07, 6.45) is -1.78. The molecule has 0 saturated heterocycles. The number of halogens is 4. The molecule has 2 heterocycles. The van der Waals surface area contributed by atoms with Crippen molar-refractivity contribution in [2.24, 2.45) is 0 Å². The van der Waals surface area contributed by atoms with E-state index in [0.717, 1.165) is 12.1 Å². The van der Waals surface area contributed by atoms with Crippen LogP contribution in [0.15, 0.2) is 60.9 Å². The van der Waals surface area contributed by atoms with Gasteiger partial charge >= 0.3 is 25.7 Å². The minimum Gasteiger partial charge on any atom is -0.663 e. The van der Waals surface area contributed by atoms with Crippen LogP contribution in [0.5, 0.6) is 0 Å². The summed E-state index contributed by atoms with van der Waals surface area (Å²) in [5.41, 5.74) is 8.66. The van der Waals surface area contributed by atoms with E-state index in [1.807, 2.05) is 0 Å². The first-order valence-corrected chi connectivity index (χ1v) is 8.70. The van der Waals surface area contributed by atoms with Gasteiger partial charge in [0, 0.05) is 27.9 Å². The van der Waals surface area contributed by atoms with Crippen LogP contribution < -0.4 is 0 Å². The maximum Gasteiger partial charge on any atom is 1.00 e. The molecular formula is C20H11ClF3N4ORu. The Morgan fingerprint density at radius 1 is 1.00 bits per heavy atom. The standard InChI is InChI=1S/C20H12ClF3N4O.Ru/c21-16-4-2-1-3-13(16)14-9-26-19-15(18(25)29)10-27-28(19)17(14)11-5-7-12(8-6-11)20(22,23)24;/h1-10H,(H2,25,29);/q;+1/p-1. The van der Waals surface area contributed by atoms with Gasteiger partial charge in [-0.2, -0.15) is 18.3 Å². The van der Waals surface area contributed by atoms with Crippen LogP contribution in [0.2, 0.25) is 5.02 Å². The smallest absolute Gasteiger partial charge is 0.663 e. The molecule has 2 aromatic heterocycles. The van der Waals surface area contributed by atoms with Crippen molar-refractivity contribution >= 4 is 23.2 Å². The van der Waals surface area contributed by atoms with Gasteiger partial charge in [-0.05, 0) is 18.2 Å². The third-order valence-corrected chi connectivity index (χ3v) is 4.75. The molecule has 0 saturated carbocycles. The molecule has 1 radical (unpaired) electrons. The van der Waals surface area contributed by atoms with Crippen LogP contribution in [0.25, 0.3) is 33.8 Å². The molecule has 4 rings (SSSR count). The number of carbonyl (C=O) groups is 1. The second-order valence-corrected chi connectivity index (χ2v) is 6.61. The maximum absolute atomic E-state index is 13.0. The van der Waals surface area contributed by atoms with Crippen molar-refractivity contribution in [2.45, 2.75) is 6.18 Å². The van der Waals surface area contributed by atoms with Crippen molar-refractivity contribution < 1.29 is 37.4 Å². The molecule has 30 heavy (non-hydrogen) atoms. The zero-order chi connectivity index (χ0) is 20.8. The van der Waals surface area contributed by atoms with E-state index in [1.165, 1.54) is 29.0 Å². The molecule has 1 amide bonds. The second-order valence-electron chi connectivity index (χ2n) is 6.20. The number of rotatable bonds is 3. The first kappa shape index (κ1) is 21.9. The Bertz CT molecular complexity index is 1240. The summed E-state index contributed by atoms with van der Waals surface area (Å²) in [6.45, 7) is 0. The van der Waals surface area contributed by atoms with Crippen LogP contribution in [-0.4, -0.2) is 20.5 Å². The number of hydrogen-bond acceptors (Lipinski definition) is 3. The second kappa shape index (κ2) is 8.16. The summed E-state index contributed by atoms with van der Waals surface area (Å²) in [5, 5.41) is 4.57. The first-order valence-electron chi connectivity index (χ1n) is 8.32. The average molecular weight is 517 g/mol. The summed E-state index contributed by atoms with van der Waals surface area (Å²) in [4.78, 5) is 15.8. The third kappa shape index (κ3) is 3.83. The molecule has 0 atom stereocenters. The minimum atomic E-state index is -4.46. The van der Waals surface area contributed by atoms with Crippen molar-refractivity contribution in [1.82, 2.24) is 14.6 Å². The van der Waals surface area contributed by atoms with Gasteiger partial charge in [-0.15, -0.1) is 0 Å². The Hall–Kier alpha value is -2.77. The number of fused-ring (bicyclic) bond motifs is 1. The fraction of sp³-hybridized carbons (Fsp3) is 0.0500. The van der Waals surface area contributed by atoms with Gasteiger partial charge in [0.15, 0.2) is 5.65 Å². The number of nitrogens with one attached hydrogen (secondary N) is 1. The van der Waals surface area contributed by atoms with E-state index in [1.54, 1.807) is 24.3 Å². The number of hydrogen-bond donors (Lipinski definition) is 0. The Labute approximate surface area is 186 Å². The molecule has 2 aromatic carbocycles. The monoisotopic (exact) mass is 517 g/mol. The summed E-state index contributed by atoms with van der Waals surface area (Å²) >= 11 is 6.32. The van der Waals surface area contributed by atoms with E-state index in [-0.39, 0.29) is 30.7 Å². The molecule has 5 nitrogen and oxygen atoms in total. The number of carbonyl (C=O) groups excluding carboxylic acids is 1.